The summed E-state index contributed by atoms with van der Waals surface area (Å²) in [6, 6.07) is 4.79. The molecule has 0 amide bonds. The van der Waals surface area contributed by atoms with Gasteiger partial charge in [0.2, 0.25) is 5.88 Å². The Labute approximate surface area is 108 Å². The number of rotatable bonds is 4. The van der Waals surface area contributed by atoms with Crippen molar-refractivity contribution >= 4 is 0 Å². The summed E-state index contributed by atoms with van der Waals surface area (Å²) < 4.78 is 5.32. The van der Waals surface area contributed by atoms with Gasteiger partial charge >= 0.3 is 0 Å². The van der Waals surface area contributed by atoms with Gasteiger partial charge in [0.15, 0.2) is 0 Å². The molecule has 0 bridgehead atoms. The highest BCUT2D eigenvalue weighted by molar-refractivity contribution is 5.25. The molecule has 3 rings (SSSR count). The summed E-state index contributed by atoms with van der Waals surface area (Å²) in [7, 11) is 1.69. The molecule has 1 aromatic rings. The average Bonchev–Trinajstić information content (AvgIpc) is 3.24. The van der Waals surface area contributed by atoms with Crippen molar-refractivity contribution in [2.24, 2.45) is 5.92 Å². The van der Waals surface area contributed by atoms with E-state index in [1.165, 1.54) is 18.4 Å². The number of methoxy groups -OCH3 is 1. The number of piperazine rings is 1. The van der Waals surface area contributed by atoms with E-state index in [9.17, 15) is 0 Å². The SMILES string of the molecule is COc1ncccc1CN1CCNC(C2CC2)C1. The molecule has 98 valence electrons. The molecular weight excluding hydrogens is 226 g/mol. The molecule has 2 aliphatic rings. The van der Waals surface area contributed by atoms with Crippen molar-refractivity contribution < 1.29 is 4.74 Å². The standard InChI is InChI=1S/C14H21N3O/c1-18-14-12(3-2-6-16-14)9-17-8-7-15-13(10-17)11-4-5-11/h2-3,6,11,13,15H,4-5,7-10H2,1H3. The maximum atomic E-state index is 5.32. The first-order chi connectivity index (χ1) is 8.86. The molecule has 0 spiro atoms. The monoisotopic (exact) mass is 247 g/mol. The van der Waals surface area contributed by atoms with Crippen molar-refractivity contribution in [3.05, 3.63) is 23.9 Å². The first-order valence-corrected chi connectivity index (χ1v) is 6.80. The fourth-order valence-corrected chi connectivity index (χ4v) is 2.77. The summed E-state index contributed by atoms with van der Waals surface area (Å²) in [5.74, 6) is 1.68. The van der Waals surface area contributed by atoms with Gasteiger partial charge < -0.3 is 10.1 Å². The zero-order valence-corrected chi connectivity index (χ0v) is 10.9. The van der Waals surface area contributed by atoms with Gasteiger partial charge in [-0.25, -0.2) is 4.98 Å². The summed E-state index contributed by atoms with van der Waals surface area (Å²) in [6.07, 6.45) is 4.59. The van der Waals surface area contributed by atoms with Crippen LogP contribution in [0.5, 0.6) is 5.88 Å². The van der Waals surface area contributed by atoms with Gasteiger partial charge in [0.1, 0.15) is 0 Å². The van der Waals surface area contributed by atoms with E-state index in [1.54, 1.807) is 13.3 Å². The molecule has 2 heterocycles. The molecule has 4 heteroatoms. The molecule has 1 aliphatic carbocycles. The van der Waals surface area contributed by atoms with Crippen LogP contribution in [0.25, 0.3) is 0 Å². The van der Waals surface area contributed by atoms with Crippen LogP contribution in [0.4, 0.5) is 0 Å². The first-order valence-electron chi connectivity index (χ1n) is 6.80. The molecule has 1 saturated heterocycles. The third kappa shape index (κ3) is 2.65. The van der Waals surface area contributed by atoms with E-state index in [0.717, 1.165) is 38.0 Å². The predicted octanol–water partition coefficient (Wildman–Crippen LogP) is 1.27. The summed E-state index contributed by atoms with van der Waals surface area (Å²) in [4.78, 5) is 6.78. The molecule has 18 heavy (non-hydrogen) atoms. The molecule has 0 radical (unpaired) electrons. The maximum Gasteiger partial charge on any atom is 0.217 e. The Bertz CT molecular complexity index is 406. The van der Waals surface area contributed by atoms with Gasteiger partial charge in [-0.3, -0.25) is 4.90 Å². The van der Waals surface area contributed by atoms with Gasteiger partial charge in [0, 0.05) is 44.0 Å². The van der Waals surface area contributed by atoms with E-state index < -0.39 is 0 Å². The molecule has 1 N–H and O–H groups in total. The second kappa shape index (κ2) is 5.24. The van der Waals surface area contributed by atoms with E-state index in [4.69, 9.17) is 4.74 Å². The summed E-state index contributed by atoms with van der Waals surface area (Å²) in [5, 5.41) is 3.64. The van der Waals surface area contributed by atoms with Gasteiger partial charge in [-0.1, -0.05) is 6.07 Å². The molecular formula is C14H21N3O. The zero-order chi connectivity index (χ0) is 12.4. The average molecular weight is 247 g/mol. The van der Waals surface area contributed by atoms with Crippen LogP contribution < -0.4 is 10.1 Å². The minimum atomic E-state index is 0.696. The molecule has 1 aliphatic heterocycles. The van der Waals surface area contributed by atoms with Gasteiger partial charge in [-0.05, 0) is 24.8 Å². The van der Waals surface area contributed by atoms with Gasteiger partial charge in [0.05, 0.1) is 7.11 Å². The van der Waals surface area contributed by atoms with E-state index in [-0.39, 0.29) is 0 Å². The highest BCUT2D eigenvalue weighted by atomic mass is 16.5. The van der Waals surface area contributed by atoms with Crippen LogP contribution in [0.15, 0.2) is 18.3 Å². The number of ether oxygens (including phenoxy) is 1. The van der Waals surface area contributed by atoms with Crippen LogP contribution in [0.1, 0.15) is 18.4 Å². The molecule has 1 atom stereocenters. The maximum absolute atomic E-state index is 5.32. The highest BCUT2D eigenvalue weighted by Crippen LogP contribution is 2.34. The first kappa shape index (κ1) is 11.9. The number of nitrogens with one attached hydrogen (secondary N) is 1. The zero-order valence-electron chi connectivity index (χ0n) is 10.9. The molecule has 4 nitrogen and oxygen atoms in total. The van der Waals surface area contributed by atoms with Crippen LogP contribution in [-0.4, -0.2) is 42.7 Å². The van der Waals surface area contributed by atoms with Crippen molar-refractivity contribution in [1.82, 2.24) is 15.2 Å². The van der Waals surface area contributed by atoms with Crippen molar-refractivity contribution in [1.29, 1.82) is 0 Å². The van der Waals surface area contributed by atoms with Crippen LogP contribution in [0, 0.1) is 5.92 Å². The lowest BCUT2D eigenvalue weighted by molar-refractivity contribution is 0.179. The second-order valence-corrected chi connectivity index (χ2v) is 5.30. The summed E-state index contributed by atoms with van der Waals surface area (Å²) >= 11 is 0. The van der Waals surface area contributed by atoms with Crippen molar-refractivity contribution in [2.75, 3.05) is 26.7 Å². The van der Waals surface area contributed by atoms with E-state index in [0.29, 0.717) is 6.04 Å². The topological polar surface area (TPSA) is 37.4 Å². The number of nitrogens with zero attached hydrogens (tertiary/aromatic N) is 2. The lowest BCUT2D eigenvalue weighted by Crippen LogP contribution is -2.51. The quantitative estimate of drug-likeness (QED) is 0.869. The Morgan fingerprint density at radius 1 is 1.50 bits per heavy atom. The Hall–Kier alpha value is -1.13. The van der Waals surface area contributed by atoms with E-state index in [1.807, 2.05) is 6.07 Å². The fourth-order valence-electron chi connectivity index (χ4n) is 2.77. The van der Waals surface area contributed by atoms with Crippen molar-refractivity contribution in [3.8, 4) is 5.88 Å². The molecule has 1 unspecified atom stereocenters. The van der Waals surface area contributed by atoms with E-state index >= 15 is 0 Å². The molecule has 2 fully saturated rings. The molecule has 1 aromatic heterocycles. The third-order valence-electron chi connectivity index (χ3n) is 3.92. The minimum Gasteiger partial charge on any atom is -0.481 e. The van der Waals surface area contributed by atoms with Crippen LogP contribution >= 0.6 is 0 Å². The smallest absolute Gasteiger partial charge is 0.217 e. The Balaban J connectivity index is 1.64. The summed E-state index contributed by atoms with van der Waals surface area (Å²) in [6.45, 7) is 4.32. The largest absolute Gasteiger partial charge is 0.481 e. The van der Waals surface area contributed by atoms with Gasteiger partial charge in [-0.2, -0.15) is 0 Å². The van der Waals surface area contributed by atoms with Crippen molar-refractivity contribution in [3.63, 3.8) is 0 Å². The lowest BCUT2D eigenvalue weighted by Gasteiger charge is -2.34. The Morgan fingerprint density at radius 2 is 2.39 bits per heavy atom. The highest BCUT2D eigenvalue weighted by Gasteiger charge is 2.33. The number of hydrogen-bond donors (Lipinski definition) is 1. The lowest BCUT2D eigenvalue weighted by atomic mass is 10.1. The van der Waals surface area contributed by atoms with Crippen molar-refractivity contribution in [2.45, 2.75) is 25.4 Å². The number of aromatic nitrogens is 1. The van der Waals surface area contributed by atoms with Gasteiger partial charge in [0.25, 0.3) is 0 Å². The second-order valence-electron chi connectivity index (χ2n) is 5.30. The third-order valence-corrected chi connectivity index (χ3v) is 3.92. The van der Waals surface area contributed by atoms with Gasteiger partial charge in [-0.15, -0.1) is 0 Å². The van der Waals surface area contributed by atoms with Crippen LogP contribution in [0.2, 0.25) is 0 Å². The Kier molecular flexibility index (Phi) is 3.48. The Morgan fingerprint density at radius 3 is 3.17 bits per heavy atom. The van der Waals surface area contributed by atoms with Crippen LogP contribution in [-0.2, 0) is 6.54 Å². The molecule has 0 aromatic carbocycles. The fraction of sp³-hybridized carbons (Fsp3) is 0.643. The number of hydrogen-bond acceptors (Lipinski definition) is 4. The predicted molar refractivity (Wildman–Crippen MR) is 70.6 cm³/mol. The number of pyridine rings is 1. The molecule has 1 saturated carbocycles. The van der Waals surface area contributed by atoms with Crippen LogP contribution in [0.3, 0.4) is 0 Å². The minimum absolute atomic E-state index is 0.696. The van der Waals surface area contributed by atoms with E-state index in [2.05, 4.69) is 21.3 Å². The summed E-state index contributed by atoms with van der Waals surface area (Å²) in [5.41, 5.74) is 1.19. The normalized spacial score (nSPS) is 25.1.